The lowest BCUT2D eigenvalue weighted by molar-refractivity contribution is -0.130. The Bertz CT molecular complexity index is 1300. The Morgan fingerprint density at radius 3 is 2.44 bits per heavy atom. The molecule has 1 unspecified atom stereocenters. The van der Waals surface area contributed by atoms with Crippen LogP contribution in [0.3, 0.4) is 0 Å². The van der Waals surface area contributed by atoms with Gasteiger partial charge in [0.2, 0.25) is 17.7 Å². The van der Waals surface area contributed by atoms with Crippen LogP contribution in [0, 0.1) is 23.7 Å². The zero-order chi connectivity index (χ0) is 26.9. The summed E-state index contributed by atoms with van der Waals surface area (Å²) in [7, 11) is 1.59. The van der Waals surface area contributed by atoms with E-state index >= 15 is 0 Å². The number of carbonyl (C=O) groups excluding carboxylic acids is 3. The number of allylic oxidation sites excluding steroid dienone is 2. The van der Waals surface area contributed by atoms with Gasteiger partial charge in [-0.25, -0.2) is 0 Å². The Hall–Kier alpha value is -3.52. The quantitative estimate of drug-likeness (QED) is 0.528. The molecule has 2 N–H and O–H groups in total. The molecule has 6 rings (SSSR count). The molecule has 0 radical (unpaired) electrons. The van der Waals surface area contributed by atoms with E-state index in [0.717, 1.165) is 30.6 Å². The van der Waals surface area contributed by atoms with Gasteiger partial charge in [0.1, 0.15) is 11.8 Å². The van der Waals surface area contributed by atoms with Crippen molar-refractivity contribution in [1.29, 1.82) is 0 Å². The number of amides is 3. The van der Waals surface area contributed by atoms with E-state index < -0.39 is 23.8 Å². The van der Waals surface area contributed by atoms with Gasteiger partial charge in [-0.1, -0.05) is 49.6 Å². The van der Waals surface area contributed by atoms with E-state index in [1.165, 1.54) is 6.42 Å². The zero-order valence-electron chi connectivity index (χ0n) is 21.9. The van der Waals surface area contributed by atoms with E-state index in [0.29, 0.717) is 17.1 Å². The van der Waals surface area contributed by atoms with Crippen LogP contribution in [0.25, 0.3) is 0 Å². The number of benzene rings is 2. The molecule has 8 heteroatoms. The largest absolute Gasteiger partial charge is 0.497 e. The van der Waals surface area contributed by atoms with Crippen molar-refractivity contribution in [2.24, 2.45) is 23.7 Å². The first-order valence-corrected chi connectivity index (χ1v) is 14.6. The zero-order valence-corrected chi connectivity index (χ0v) is 22.7. The van der Waals surface area contributed by atoms with Crippen LogP contribution in [-0.2, 0) is 14.4 Å². The summed E-state index contributed by atoms with van der Waals surface area (Å²) in [5.41, 5.74) is 1.32. The molecule has 5 atom stereocenters. The molecule has 2 aromatic carbocycles. The van der Waals surface area contributed by atoms with Crippen LogP contribution >= 0.6 is 11.8 Å². The van der Waals surface area contributed by atoms with Gasteiger partial charge in [-0.2, -0.15) is 0 Å². The molecule has 2 aliphatic heterocycles. The van der Waals surface area contributed by atoms with Crippen LogP contribution in [-0.4, -0.2) is 36.9 Å². The van der Waals surface area contributed by atoms with E-state index in [1.54, 1.807) is 35.9 Å². The average molecular weight is 544 g/mol. The standard InChI is InChI=1S/C31H33N3O4S/c1-38-22-14-12-21(13-15-22)34-28(30(36)33-20-10-6-3-7-11-20)24-18-25-23(16-17-39-25)26(27(24)31(34)37)29(35)32-19-8-4-2-5-9-19/h2,4-5,8-9,12-18,20,23-24,26-28H,3,6-7,10-11H2,1H3,(H,32,35)(H,33,36)/t23-,24+,26+,27?,28-/m0/s1. The second-order valence-electron chi connectivity index (χ2n) is 10.7. The van der Waals surface area contributed by atoms with Crippen LogP contribution in [0.15, 0.2) is 77.1 Å². The van der Waals surface area contributed by atoms with Crippen molar-refractivity contribution in [2.75, 3.05) is 17.3 Å². The lowest BCUT2D eigenvalue weighted by Gasteiger charge is -2.35. The molecule has 4 aliphatic rings. The van der Waals surface area contributed by atoms with Crippen molar-refractivity contribution in [3.8, 4) is 5.75 Å². The second-order valence-corrected chi connectivity index (χ2v) is 11.7. The molecule has 2 heterocycles. The first kappa shape index (κ1) is 25.7. The Kier molecular flexibility index (Phi) is 7.21. The molecule has 202 valence electrons. The van der Waals surface area contributed by atoms with Gasteiger partial charge < -0.3 is 15.4 Å². The Balaban J connectivity index is 1.39. The highest BCUT2D eigenvalue weighted by Crippen LogP contribution is 2.53. The Labute approximate surface area is 233 Å². The number of methoxy groups -OCH3 is 1. The van der Waals surface area contributed by atoms with Crippen molar-refractivity contribution >= 4 is 40.9 Å². The fraction of sp³-hybridized carbons (Fsp3) is 0.387. The molecule has 2 aliphatic carbocycles. The third-order valence-electron chi connectivity index (χ3n) is 8.44. The van der Waals surface area contributed by atoms with Crippen LogP contribution in [0.4, 0.5) is 11.4 Å². The number of nitrogens with one attached hydrogen (secondary N) is 2. The maximum absolute atomic E-state index is 14.3. The van der Waals surface area contributed by atoms with E-state index in [4.69, 9.17) is 4.74 Å². The lowest BCUT2D eigenvalue weighted by atomic mass is 9.69. The van der Waals surface area contributed by atoms with Gasteiger partial charge in [-0.3, -0.25) is 19.3 Å². The predicted molar refractivity (Wildman–Crippen MR) is 153 cm³/mol. The van der Waals surface area contributed by atoms with Crippen molar-refractivity contribution in [3.05, 3.63) is 77.1 Å². The fourth-order valence-corrected chi connectivity index (χ4v) is 7.61. The van der Waals surface area contributed by atoms with Gasteiger partial charge in [0.05, 0.1) is 18.9 Å². The van der Waals surface area contributed by atoms with E-state index in [9.17, 15) is 14.4 Å². The molecule has 0 spiro atoms. The molecular weight excluding hydrogens is 510 g/mol. The first-order chi connectivity index (χ1) is 19.0. The number of ether oxygens (including phenoxy) is 1. The number of thioether (sulfide) groups is 1. The third-order valence-corrected chi connectivity index (χ3v) is 9.42. The molecule has 1 saturated carbocycles. The second kappa shape index (κ2) is 10.9. The molecule has 1 saturated heterocycles. The van der Waals surface area contributed by atoms with Crippen molar-refractivity contribution in [1.82, 2.24) is 5.32 Å². The van der Waals surface area contributed by atoms with Gasteiger partial charge >= 0.3 is 0 Å². The Morgan fingerprint density at radius 1 is 0.974 bits per heavy atom. The number of nitrogens with zero attached hydrogens (tertiary/aromatic N) is 1. The number of carbonyl (C=O) groups is 3. The van der Waals surface area contributed by atoms with Crippen molar-refractivity contribution in [3.63, 3.8) is 0 Å². The third kappa shape index (κ3) is 4.86. The lowest BCUT2D eigenvalue weighted by Crippen LogP contribution is -2.50. The summed E-state index contributed by atoms with van der Waals surface area (Å²) in [5, 5.41) is 8.30. The highest BCUT2D eigenvalue weighted by Gasteiger charge is 2.59. The average Bonchev–Trinajstić information content (AvgIpc) is 3.55. The van der Waals surface area contributed by atoms with E-state index in [2.05, 4.69) is 16.7 Å². The minimum atomic E-state index is -0.737. The normalized spacial score (nSPS) is 27.9. The monoisotopic (exact) mass is 543 g/mol. The molecule has 2 aromatic rings. The van der Waals surface area contributed by atoms with Crippen LogP contribution in [0.1, 0.15) is 32.1 Å². The predicted octanol–water partition coefficient (Wildman–Crippen LogP) is 5.12. The first-order valence-electron chi connectivity index (χ1n) is 13.7. The molecule has 3 amide bonds. The van der Waals surface area contributed by atoms with Crippen LogP contribution < -0.4 is 20.3 Å². The summed E-state index contributed by atoms with van der Waals surface area (Å²) in [5.74, 6) is -1.76. The summed E-state index contributed by atoms with van der Waals surface area (Å²) in [6, 6.07) is 15.9. The molecule has 7 nitrogen and oxygen atoms in total. The number of rotatable bonds is 6. The highest BCUT2D eigenvalue weighted by atomic mass is 32.2. The van der Waals surface area contributed by atoms with Crippen molar-refractivity contribution < 1.29 is 19.1 Å². The Morgan fingerprint density at radius 2 is 1.72 bits per heavy atom. The summed E-state index contributed by atoms with van der Waals surface area (Å²) in [6.07, 6.45) is 9.38. The molecule has 39 heavy (non-hydrogen) atoms. The van der Waals surface area contributed by atoms with Gasteiger partial charge in [-0.05, 0) is 59.6 Å². The maximum atomic E-state index is 14.3. The minimum absolute atomic E-state index is 0.113. The van der Waals surface area contributed by atoms with Crippen LogP contribution in [0.2, 0.25) is 0 Å². The summed E-state index contributed by atoms with van der Waals surface area (Å²) in [6.45, 7) is 0. The molecule has 0 aromatic heterocycles. The van der Waals surface area contributed by atoms with Crippen LogP contribution in [0.5, 0.6) is 5.75 Å². The maximum Gasteiger partial charge on any atom is 0.244 e. The molecule has 2 fully saturated rings. The van der Waals surface area contributed by atoms with Crippen molar-refractivity contribution in [2.45, 2.75) is 44.2 Å². The summed E-state index contributed by atoms with van der Waals surface area (Å²) in [4.78, 5) is 44.8. The van der Waals surface area contributed by atoms with Gasteiger partial charge in [0.15, 0.2) is 0 Å². The summed E-state index contributed by atoms with van der Waals surface area (Å²) < 4.78 is 5.33. The van der Waals surface area contributed by atoms with Gasteiger partial charge in [0, 0.05) is 29.3 Å². The molecular formula is C31H33N3O4S. The number of anilines is 2. The van der Waals surface area contributed by atoms with Gasteiger partial charge in [0.25, 0.3) is 0 Å². The number of fused-ring (bicyclic) bond motifs is 2. The SMILES string of the molecule is COc1ccc(N2C(=O)C3[C@@H](C=C4SC=C[C@@H]4[C@H]3C(=O)Nc3ccccc3)[C@H]2C(=O)NC2CCCCC2)cc1. The fourth-order valence-electron chi connectivity index (χ4n) is 6.58. The number of para-hydroxylation sites is 1. The topological polar surface area (TPSA) is 87.7 Å². The number of hydrogen-bond donors (Lipinski definition) is 2. The summed E-state index contributed by atoms with van der Waals surface area (Å²) >= 11 is 1.58. The van der Waals surface area contributed by atoms with Gasteiger partial charge in [-0.15, -0.1) is 11.8 Å². The van der Waals surface area contributed by atoms with E-state index in [-0.39, 0.29) is 29.7 Å². The highest BCUT2D eigenvalue weighted by molar-refractivity contribution is 8.06. The van der Waals surface area contributed by atoms with E-state index in [1.807, 2.05) is 53.9 Å². The minimum Gasteiger partial charge on any atom is -0.497 e. The molecule has 0 bridgehead atoms. The number of hydrogen-bond acceptors (Lipinski definition) is 5. The smallest absolute Gasteiger partial charge is 0.244 e.